The Morgan fingerprint density at radius 1 is 1.08 bits per heavy atom. The first kappa shape index (κ1) is 16.0. The second-order valence-corrected chi connectivity index (χ2v) is 5.58. The predicted octanol–water partition coefficient (Wildman–Crippen LogP) is 2.23. The molecule has 3 N–H and O–H groups in total. The van der Waals surface area contributed by atoms with Gasteiger partial charge in [-0.25, -0.2) is 4.68 Å². The van der Waals surface area contributed by atoms with Crippen LogP contribution in [0.5, 0.6) is 0 Å². The number of nitrogens with two attached hydrogens (primary N) is 1. The van der Waals surface area contributed by atoms with Crippen LogP contribution in [0.3, 0.4) is 0 Å². The van der Waals surface area contributed by atoms with E-state index in [2.05, 4.69) is 10.4 Å². The highest BCUT2D eigenvalue weighted by Gasteiger charge is 2.16. The highest BCUT2D eigenvalue weighted by Crippen LogP contribution is 2.12. The lowest BCUT2D eigenvalue weighted by atomic mass is 10.1. The molecule has 1 amide bonds. The minimum absolute atomic E-state index is 0.374. The molecule has 122 valence electrons. The highest BCUT2D eigenvalue weighted by molar-refractivity contribution is 5.81. The van der Waals surface area contributed by atoms with E-state index < -0.39 is 6.04 Å². The number of carbonyl (C=O) groups is 1. The minimum Gasteiger partial charge on any atom is -0.368 e. The van der Waals surface area contributed by atoms with E-state index >= 15 is 0 Å². The van der Waals surface area contributed by atoms with Gasteiger partial charge in [0.05, 0.1) is 11.9 Å². The van der Waals surface area contributed by atoms with Crippen molar-refractivity contribution < 1.29 is 4.79 Å². The molecule has 1 heterocycles. The minimum atomic E-state index is -0.477. The Balaban J connectivity index is 1.60. The quantitative estimate of drug-likeness (QED) is 0.701. The van der Waals surface area contributed by atoms with E-state index in [1.165, 1.54) is 0 Å². The van der Waals surface area contributed by atoms with E-state index in [0.717, 1.165) is 23.2 Å². The van der Waals surface area contributed by atoms with Gasteiger partial charge < -0.3 is 11.1 Å². The Hall–Kier alpha value is -2.92. The van der Waals surface area contributed by atoms with Crippen molar-refractivity contribution in [2.75, 3.05) is 6.54 Å². The molecular formula is C19H20N4O. The smallest absolute Gasteiger partial charge is 0.239 e. The van der Waals surface area contributed by atoms with E-state index in [-0.39, 0.29) is 5.91 Å². The summed E-state index contributed by atoms with van der Waals surface area (Å²) in [6, 6.07) is 19.0. The van der Waals surface area contributed by atoms with Crippen LogP contribution in [0.1, 0.15) is 17.2 Å². The standard InChI is InChI=1S/C19H20N4O/c20-19(24)18(16-7-3-1-4-8-16)21-12-11-15-13-22-23(14-15)17-9-5-2-6-10-17/h1-10,13-14,18,21H,11-12H2,(H2,20,24). The molecule has 0 fully saturated rings. The number of amides is 1. The first-order chi connectivity index (χ1) is 11.7. The summed E-state index contributed by atoms with van der Waals surface area (Å²) < 4.78 is 1.85. The second kappa shape index (κ2) is 7.57. The fourth-order valence-electron chi connectivity index (χ4n) is 2.60. The van der Waals surface area contributed by atoms with Crippen LogP contribution >= 0.6 is 0 Å². The van der Waals surface area contributed by atoms with Gasteiger partial charge in [-0.1, -0.05) is 48.5 Å². The van der Waals surface area contributed by atoms with E-state index in [1.807, 2.05) is 77.7 Å². The molecule has 3 aromatic rings. The monoisotopic (exact) mass is 320 g/mol. The first-order valence-corrected chi connectivity index (χ1v) is 7.90. The third-order valence-corrected chi connectivity index (χ3v) is 3.84. The molecule has 1 aromatic heterocycles. The Labute approximate surface area is 141 Å². The topological polar surface area (TPSA) is 72.9 Å². The Morgan fingerprint density at radius 3 is 2.42 bits per heavy atom. The van der Waals surface area contributed by atoms with Crippen molar-refractivity contribution in [3.8, 4) is 5.69 Å². The van der Waals surface area contributed by atoms with E-state index in [9.17, 15) is 4.79 Å². The zero-order valence-electron chi connectivity index (χ0n) is 13.3. The van der Waals surface area contributed by atoms with Crippen LogP contribution in [0.25, 0.3) is 5.69 Å². The molecule has 0 spiro atoms. The average molecular weight is 320 g/mol. The van der Waals surface area contributed by atoms with Crippen molar-refractivity contribution in [3.63, 3.8) is 0 Å². The maximum Gasteiger partial charge on any atom is 0.239 e. The number of aromatic nitrogens is 2. The third-order valence-electron chi connectivity index (χ3n) is 3.84. The first-order valence-electron chi connectivity index (χ1n) is 7.90. The van der Waals surface area contributed by atoms with Crippen molar-refractivity contribution in [2.45, 2.75) is 12.5 Å². The van der Waals surface area contributed by atoms with Crippen LogP contribution < -0.4 is 11.1 Å². The number of nitrogens with one attached hydrogen (secondary N) is 1. The molecule has 0 aliphatic carbocycles. The van der Waals surface area contributed by atoms with Gasteiger partial charge in [-0.15, -0.1) is 0 Å². The molecule has 0 aliphatic rings. The SMILES string of the molecule is NC(=O)C(NCCc1cnn(-c2ccccc2)c1)c1ccccc1. The van der Waals surface area contributed by atoms with Gasteiger partial charge in [-0.2, -0.15) is 5.10 Å². The fourth-order valence-corrected chi connectivity index (χ4v) is 2.60. The lowest BCUT2D eigenvalue weighted by Gasteiger charge is -2.15. The van der Waals surface area contributed by atoms with Gasteiger partial charge in [0, 0.05) is 12.7 Å². The van der Waals surface area contributed by atoms with E-state index in [4.69, 9.17) is 5.73 Å². The molecule has 0 saturated carbocycles. The molecule has 0 bridgehead atoms. The molecule has 24 heavy (non-hydrogen) atoms. The summed E-state index contributed by atoms with van der Waals surface area (Å²) in [5, 5.41) is 7.60. The number of nitrogens with zero attached hydrogens (tertiary/aromatic N) is 2. The molecule has 0 radical (unpaired) electrons. The molecule has 1 unspecified atom stereocenters. The van der Waals surface area contributed by atoms with Gasteiger partial charge in [0.15, 0.2) is 0 Å². The van der Waals surface area contributed by atoms with Gasteiger partial charge in [-0.05, 0) is 29.7 Å². The Kier molecular flexibility index (Phi) is 5.03. The van der Waals surface area contributed by atoms with E-state index in [1.54, 1.807) is 0 Å². The zero-order valence-corrected chi connectivity index (χ0v) is 13.3. The van der Waals surface area contributed by atoms with Gasteiger partial charge in [-0.3, -0.25) is 4.79 Å². The van der Waals surface area contributed by atoms with Crippen LogP contribution in [-0.2, 0) is 11.2 Å². The Morgan fingerprint density at radius 2 is 1.75 bits per heavy atom. The van der Waals surface area contributed by atoms with Crippen LogP contribution in [0, 0.1) is 0 Å². The number of para-hydroxylation sites is 1. The lowest BCUT2D eigenvalue weighted by Crippen LogP contribution is -2.34. The summed E-state index contributed by atoms with van der Waals surface area (Å²) in [7, 11) is 0. The second-order valence-electron chi connectivity index (χ2n) is 5.58. The molecule has 5 nitrogen and oxygen atoms in total. The molecule has 1 atom stereocenters. The fraction of sp³-hybridized carbons (Fsp3) is 0.158. The van der Waals surface area contributed by atoms with Crippen LogP contribution in [0.15, 0.2) is 73.1 Å². The molecule has 5 heteroatoms. The van der Waals surface area contributed by atoms with E-state index in [0.29, 0.717) is 6.54 Å². The van der Waals surface area contributed by atoms with Gasteiger partial charge in [0.1, 0.15) is 6.04 Å². The molecule has 0 saturated heterocycles. The summed E-state index contributed by atoms with van der Waals surface area (Å²) in [6.07, 6.45) is 4.61. The van der Waals surface area contributed by atoms with Crippen LogP contribution in [0.4, 0.5) is 0 Å². The van der Waals surface area contributed by atoms with Crippen LogP contribution in [-0.4, -0.2) is 22.2 Å². The van der Waals surface area contributed by atoms with Gasteiger partial charge in [0.25, 0.3) is 0 Å². The van der Waals surface area contributed by atoms with Crippen molar-refractivity contribution in [2.24, 2.45) is 5.73 Å². The summed E-state index contributed by atoms with van der Waals surface area (Å²) in [5.41, 5.74) is 8.51. The maximum absolute atomic E-state index is 11.7. The largest absolute Gasteiger partial charge is 0.368 e. The predicted molar refractivity (Wildman–Crippen MR) is 93.6 cm³/mol. The number of hydrogen-bond acceptors (Lipinski definition) is 3. The molecular weight excluding hydrogens is 300 g/mol. The Bertz CT molecular complexity index is 783. The zero-order chi connectivity index (χ0) is 16.8. The number of primary amides is 1. The van der Waals surface area contributed by atoms with Crippen molar-refractivity contribution in [3.05, 3.63) is 84.2 Å². The number of benzene rings is 2. The highest BCUT2D eigenvalue weighted by atomic mass is 16.1. The molecule has 3 rings (SSSR count). The summed E-state index contributed by atoms with van der Waals surface area (Å²) in [6.45, 7) is 0.642. The number of carbonyl (C=O) groups excluding carboxylic acids is 1. The maximum atomic E-state index is 11.7. The van der Waals surface area contributed by atoms with Crippen molar-refractivity contribution in [1.29, 1.82) is 0 Å². The lowest BCUT2D eigenvalue weighted by molar-refractivity contribution is -0.120. The summed E-state index contributed by atoms with van der Waals surface area (Å²) in [5.74, 6) is -0.374. The van der Waals surface area contributed by atoms with Crippen molar-refractivity contribution >= 4 is 5.91 Å². The summed E-state index contributed by atoms with van der Waals surface area (Å²) in [4.78, 5) is 11.7. The van der Waals surface area contributed by atoms with Gasteiger partial charge in [0.2, 0.25) is 5.91 Å². The van der Waals surface area contributed by atoms with Gasteiger partial charge >= 0.3 is 0 Å². The third kappa shape index (κ3) is 3.88. The normalized spacial score (nSPS) is 12.0. The summed E-state index contributed by atoms with van der Waals surface area (Å²) >= 11 is 0. The molecule has 0 aliphatic heterocycles. The van der Waals surface area contributed by atoms with Crippen molar-refractivity contribution in [1.82, 2.24) is 15.1 Å². The number of hydrogen-bond donors (Lipinski definition) is 2. The molecule has 2 aromatic carbocycles. The average Bonchev–Trinajstić information content (AvgIpc) is 3.09. The number of rotatable bonds is 7. The van der Waals surface area contributed by atoms with Crippen LogP contribution in [0.2, 0.25) is 0 Å².